The van der Waals surface area contributed by atoms with E-state index in [9.17, 15) is 5.11 Å². The fraction of sp³-hybridized carbons (Fsp3) is 0.200. The maximum atomic E-state index is 9.55. The Balaban J connectivity index is 3.06. The minimum Gasteiger partial charge on any atom is -0.507 e. The van der Waals surface area contributed by atoms with Gasteiger partial charge in [-0.25, -0.2) is 0 Å². The molecule has 0 aliphatic carbocycles. The molecule has 1 aromatic carbocycles. The molecule has 0 heterocycles. The molecular weight excluding hydrogens is 216 g/mol. The van der Waals surface area contributed by atoms with Crippen molar-refractivity contribution in [3.8, 4) is 0 Å². The van der Waals surface area contributed by atoms with Crippen LogP contribution < -0.4 is 0 Å². The molecule has 0 spiro atoms. The average Bonchev–Trinajstić information content (AvgIpc) is 2.04. The van der Waals surface area contributed by atoms with E-state index in [0.717, 1.165) is 15.6 Å². The van der Waals surface area contributed by atoms with Crippen LogP contribution in [-0.2, 0) is 0 Å². The molecule has 1 N–H and O–H groups in total. The van der Waals surface area contributed by atoms with Gasteiger partial charge in [0, 0.05) is 10.0 Å². The van der Waals surface area contributed by atoms with Gasteiger partial charge < -0.3 is 5.11 Å². The summed E-state index contributed by atoms with van der Waals surface area (Å²) in [6, 6.07) is 7.59. The van der Waals surface area contributed by atoms with Crippen LogP contribution in [0.25, 0.3) is 5.76 Å². The number of hydrogen-bond acceptors (Lipinski definition) is 1. The van der Waals surface area contributed by atoms with Crippen LogP contribution in [0.15, 0.2) is 34.3 Å². The Labute approximate surface area is 80.9 Å². The first kappa shape index (κ1) is 9.33. The highest BCUT2D eigenvalue weighted by Crippen LogP contribution is 2.18. The molecule has 0 aliphatic rings. The monoisotopic (exact) mass is 226 g/mol. The second-order valence-corrected chi connectivity index (χ2v) is 3.77. The Morgan fingerprint density at radius 1 is 1.17 bits per heavy atom. The topological polar surface area (TPSA) is 20.2 Å². The van der Waals surface area contributed by atoms with Crippen LogP contribution in [0.4, 0.5) is 0 Å². The molecular formula is C10H11BrO. The van der Waals surface area contributed by atoms with Crippen molar-refractivity contribution in [2.75, 3.05) is 0 Å². The number of halogens is 1. The number of aliphatic hydroxyl groups excluding tert-OH is 1. The molecule has 0 fully saturated rings. The van der Waals surface area contributed by atoms with Crippen molar-refractivity contribution >= 4 is 21.7 Å². The normalized spacial score (nSPS) is 9.58. The van der Waals surface area contributed by atoms with Crippen LogP contribution in [0.5, 0.6) is 0 Å². The third kappa shape index (κ3) is 2.11. The van der Waals surface area contributed by atoms with Crippen molar-refractivity contribution in [1.29, 1.82) is 0 Å². The van der Waals surface area contributed by atoms with Gasteiger partial charge in [-0.1, -0.05) is 28.1 Å². The molecule has 0 atom stereocenters. The zero-order valence-electron chi connectivity index (χ0n) is 7.13. The molecule has 0 saturated carbocycles. The van der Waals surface area contributed by atoms with Crippen LogP contribution in [0, 0.1) is 0 Å². The lowest BCUT2D eigenvalue weighted by Gasteiger charge is -2.01. The van der Waals surface area contributed by atoms with E-state index >= 15 is 0 Å². The lowest BCUT2D eigenvalue weighted by molar-refractivity contribution is 0.506. The number of allylic oxidation sites excluding steroid dienone is 1. The zero-order chi connectivity index (χ0) is 9.14. The van der Waals surface area contributed by atoms with Crippen molar-refractivity contribution in [3.05, 3.63) is 39.9 Å². The van der Waals surface area contributed by atoms with Gasteiger partial charge in [0.1, 0.15) is 5.76 Å². The minimum atomic E-state index is 0.363. The molecule has 64 valence electrons. The van der Waals surface area contributed by atoms with E-state index in [1.165, 1.54) is 0 Å². The summed E-state index contributed by atoms with van der Waals surface area (Å²) in [5.41, 5.74) is 1.79. The van der Waals surface area contributed by atoms with Crippen molar-refractivity contribution < 1.29 is 5.11 Å². The molecule has 0 unspecified atom stereocenters. The fourth-order valence-corrected chi connectivity index (χ4v) is 1.16. The Morgan fingerprint density at radius 3 is 2.08 bits per heavy atom. The molecule has 0 amide bonds. The molecule has 1 aromatic rings. The lowest BCUT2D eigenvalue weighted by Crippen LogP contribution is -1.84. The van der Waals surface area contributed by atoms with Crippen LogP contribution >= 0.6 is 15.9 Å². The third-order valence-corrected chi connectivity index (χ3v) is 2.12. The number of benzene rings is 1. The minimum absolute atomic E-state index is 0.363. The van der Waals surface area contributed by atoms with E-state index in [-0.39, 0.29) is 0 Å². The Hall–Kier alpha value is -0.760. The summed E-state index contributed by atoms with van der Waals surface area (Å²) in [5, 5.41) is 9.55. The van der Waals surface area contributed by atoms with Crippen LogP contribution in [0.2, 0.25) is 0 Å². The predicted octanol–water partition coefficient (Wildman–Crippen LogP) is 3.76. The van der Waals surface area contributed by atoms with Crippen molar-refractivity contribution in [3.63, 3.8) is 0 Å². The molecule has 1 rings (SSSR count). The Bertz CT molecular complexity index is 294. The van der Waals surface area contributed by atoms with Gasteiger partial charge >= 0.3 is 0 Å². The zero-order valence-corrected chi connectivity index (χ0v) is 8.72. The molecule has 1 nitrogen and oxygen atoms in total. The van der Waals surface area contributed by atoms with Crippen molar-refractivity contribution in [2.45, 2.75) is 13.8 Å². The van der Waals surface area contributed by atoms with E-state index in [0.29, 0.717) is 5.76 Å². The summed E-state index contributed by atoms with van der Waals surface area (Å²) >= 11 is 3.33. The van der Waals surface area contributed by atoms with Gasteiger partial charge in [-0.2, -0.15) is 0 Å². The van der Waals surface area contributed by atoms with Crippen LogP contribution in [-0.4, -0.2) is 5.11 Å². The number of rotatable bonds is 1. The van der Waals surface area contributed by atoms with Gasteiger partial charge in [-0.3, -0.25) is 0 Å². The molecule has 12 heavy (non-hydrogen) atoms. The van der Waals surface area contributed by atoms with E-state index in [4.69, 9.17) is 0 Å². The molecule has 0 radical (unpaired) electrons. The van der Waals surface area contributed by atoms with Crippen molar-refractivity contribution in [1.82, 2.24) is 0 Å². The van der Waals surface area contributed by atoms with Gasteiger partial charge in [0.15, 0.2) is 0 Å². The van der Waals surface area contributed by atoms with Gasteiger partial charge in [-0.05, 0) is 31.6 Å². The average molecular weight is 227 g/mol. The standard InChI is InChI=1S/C10H11BrO/c1-7(2)10(12)8-3-5-9(11)6-4-8/h3-6,12H,1-2H3. The van der Waals surface area contributed by atoms with E-state index < -0.39 is 0 Å². The predicted molar refractivity (Wildman–Crippen MR) is 55.0 cm³/mol. The highest BCUT2D eigenvalue weighted by molar-refractivity contribution is 9.10. The maximum absolute atomic E-state index is 9.55. The SMILES string of the molecule is CC(C)=C(O)c1ccc(Br)cc1. The smallest absolute Gasteiger partial charge is 0.121 e. The van der Waals surface area contributed by atoms with Gasteiger partial charge in [0.2, 0.25) is 0 Å². The van der Waals surface area contributed by atoms with Crippen molar-refractivity contribution in [2.24, 2.45) is 0 Å². The summed E-state index contributed by atoms with van der Waals surface area (Å²) in [7, 11) is 0. The maximum Gasteiger partial charge on any atom is 0.121 e. The number of aliphatic hydroxyl groups is 1. The Morgan fingerprint density at radius 2 is 1.67 bits per heavy atom. The summed E-state index contributed by atoms with van der Waals surface area (Å²) < 4.78 is 1.02. The highest BCUT2D eigenvalue weighted by atomic mass is 79.9. The summed E-state index contributed by atoms with van der Waals surface area (Å²) in [5.74, 6) is 0.363. The Kier molecular flexibility index (Phi) is 2.93. The van der Waals surface area contributed by atoms with Gasteiger partial charge in [-0.15, -0.1) is 0 Å². The molecule has 0 aliphatic heterocycles. The second-order valence-electron chi connectivity index (χ2n) is 2.86. The van der Waals surface area contributed by atoms with E-state index in [1.807, 2.05) is 38.1 Å². The highest BCUT2D eigenvalue weighted by Gasteiger charge is 1.99. The van der Waals surface area contributed by atoms with E-state index in [1.54, 1.807) is 0 Å². The molecule has 0 bridgehead atoms. The van der Waals surface area contributed by atoms with E-state index in [2.05, 4.69) is 15.9 Å². The second kappa shape index (κ2) is 3.76. The first-order chi connectivity index (χ1) is 5.61. The number of hydrogen-bond donors (Lipinski definition) is 1. The fourth-order valence-electron chi connectivity index (χ4n) is 0.896. The first-order valence-corrected chi connectivity index (χ1v) is 4.53. The van der Waals surface area contributed by atoms with Gasteiger partial charge in [0.05, 0.1) is 0 Å². The first-order valence-electron chi connectivity index (χ1n) is 3.73. The summed E-state index contributed by atoms with van der Waals surface area (Å²) in [6.45, 7) is 3.77. The molecule has 0 saturated heterocycles. The van der Waals surface area contributed by atoms with Crippen LogP contribution in [0.1, 0.15) is 19.4 Å². The lowest BCUT2D eigenvalue weighted by atomic mass is 10.1. The van der Waals surface area contributed by atoms with Gasteiger partial charge in [0.25, 0.3) is 0 Å². The largest absolute Gasteiger partial charge is 0.507 e. The van der Waals surface area contributed by atoms with Crippen LogP contribution in [0.3, 0.4) is 0 Å². The summed E-state index contributed by atoms with van der Waals surface area (Å²) in [6.07, 6.45) is 0. The quantitative estimate of drug-likeness (QED) is 0.724. The molecule has 0 aromatic heterocycles. The molecule has 2 heteroatoms. The summed E-state index contributed by atoms with van der Waals surface area (Å²) in [4.78, 5) is 0. The third-order valence-electron chi connectivity index (χ3n) is 1.59.